The zero-order chi connectivity index (χ0) is 39.3. The molecular formula is C54H32N4O. The third-order valence-electron chi connectivity index (χ3n) is 11.2. The fourth-order valence-electron chi connectivity index (χ4n) is 8.31. The van der Waals surface area contributed by atoms with Crippen molar-refractivity contribution in [2.45, 2.75) is 0 Å². The number of rotatable bonds is 6. The first-order valence-electron chi connectivity index (χ1n) is 19.5. The van der Waals surface area contributed by atoms with E-state index in [0.717, 1.165) is 77.0 Å². The molecule has 2 aromatic heterocycles. The molecule has 5 heteroatoms. The number of aromatic nitrogens is 3. The third kappa shape index (κ3) is 5.99. The van der Waals surface area contributed by atoms with Gasteiger partial charge in [-0.15, -0.1) is 0 Å². The lowest BCUT2D eigenvalue weighted by Gasteiger charge is -2.13. The highest BCUT2D eigenvalue weighted by atomic mass is 16.3. The van der Waals surface area contributed by atoms with Crippen LogP contribution in [0.4, 0.5) is 5.69 Å². The maximum atomic E-state index is 7.79. The molecule has 0 fully saturated rings. The predicted octanol–water partition coefficient (Wildman–Crippen LogP) is 14.6. The van der Waals surface area contributed by atoms with Crippen LogP contribution in [0.3, 0.4) is 0 Å². The van der Waals surface area contributed by atoms with Crippen molar-refractivity contribution in [2.24, 2.45) is 0 Å². The maximum Gasteiger partial charge on any atom is 0.194 e. The van der Waals surface area contributed by atoms with Gasteiger partial charge in [0, 0.05) is 27.5 Å². The highest BCUT2D eigenvalue weighted by molar-refractivity contribution is 6.14. The molecule has 0 saturated heterocycles. The van der Waals surface area contributed by atoms with Gasteiger partial charge in [0.25, 0.3) is 0 Å². The third-order valence-corrected chi connectivity index (χ3v) is 11.2. The number of hydrogen-bond donors (Lipinski definition) is 0. The fraction of sp³-hybridized carbons (Fsp3) is 0. The second-order valence-corrected chi connectivity index (χ2v) is 14.6. The summed E-state index contributed by atoms with van der Waals surface area (Å²) in [7, 11) is 0. The molecule has 0 unspecified atom stereocenters. The zero-order valence-corrected chi connectivity index (χ0v) is 31.7. The monoisotopic (exact) mass is 752 g/mol. The standard InChI is InChI=1S/C54H32N4O/c1-55-48-23-10-9-19-42(48)37-16-11-17-39(31-37)52-56-53(58-54(57-52)47-32-38-15-5-6-18-41(38)44-20-7-8-21-45(44)47)40-29-30-46-50(33-40)59-49-24-12-22-43(51(46)49)36-27-25-35(26-28-36)34-13-3-2-4-14-34/h2-33H. The van der Waals surface area contributed by atoms with Gasteiger partial charge in [-0.3, -0.25) is 0 Å². The zero-order valence-electron chi connectivity index (χ0n) is 31.7. The number of nitrogens with zero attached hydrogens (tertiary/aromatic N) is 4. The van der Waals surface area contributed by atoms with Crippen LogP contribution < -0.4 is 0 Å². The summed E-state index contributed by atoms with van der Waals surface area (Å²) < 4.78 is 6.60. The SMILES string of the molecule is [C-]#[N+]c1ccccc1-c1cccc(-c2nc(-c3ccc4c(c3)oc3cccc(-c5ccc(-c6ccccc6)cc5)c34)nc(-c3cc4ccccc4c4ccccc34)n2)c1. The number of benzene rings is 9. The molecule has 59 heavy (non-hydrogen) atoms. The number of para-hydroxylation sites is 1. The molecular weight excluding hydrogens is 721 g/mol. The lowest BCUT2D eigenvalue weighted by Crippen LogP contribution is -2.01. The Morgan fingerprint density at radius 2 is 0.949 bits per heavy atom. The topological polar surface area (TPSA) is 56.2 Å². The predicted molar refractivity (Wildman–Crippen MR) is 241 cm³/mol. The highest BCUT2D eigenvalue weighted by Gasteiger charge is 2.19. The lowest BCUT2D eigenvalue weighted by atomic mass is 9.96. The average Bonchev–Trinajstić information content (AvgIpc) is 3.70. The first-order chi connectivity index (χ1) is 29.2. The Kier molecular flexibility index (Phi) is 8.13. The van der Waals surface area contributed by atoms with Crippen molar-refractivity contribution in [3.8, 4) is 67.5 Å². The van der Waals surface area contributed by atoms with E-state index >= 15 is 0 Å². The van der Waals surface area contributed by atoms with Gasteiger partial charge < -0.3 is 4.42 Å². The minimum Gasteiger partial charge on any atom is -0.456 e. The van der Waals surface area contributed by atoms with Crippen LogP contribution in [0.2, 0.25) is 0 Å². The van der Waals surface area contributed by atoms with E-state index in [0.29, 0.717) is 23.2 Å². The minimum absolute atomic E-state index is 0.535. The molecule has 0 aliphatic carbocycles. The van der Waals surface area contributed by atoms with Crippen LogP contribution in [0.5, 0.6) is 0 Å². The minimum atomic E-state index is 0.535. The van der Waals surface area contributed by atoms with Crippen LogP contribution in [0, 0.1) is 6.57 Å². The van der Waals surface area contributed by atoms with E-state index in [1.807, 2.05) is 60.7 Å². The molecule has 0 saturated carbocycles. The normalized spacial score (nSPS) is 11.4. The van der Waals surface area contributed by atoms with Gasteiger partial charge in [0.2, 0.25) is 0 Å². The Balaban J connectivity index is 1.08. The van der Waals surface area contributed by atoms with Crippen LogP contribution >= 0.6 is 0 Å². The van der Waals surface area contributed by atoms with E-state index in [4.69, 9.17) is 25.9 Å². The van der Waals surface area contributed by atoms with Crippen molar-refractivity contribution < 1.29 is 4.42 Å². The molecule has 0 N–H and O–H groups in total. The molecule has 274 valence electrons. The van der Waals surface area contributed by atoms with Crippen molar-refractivity contribution in [1.82, 2.24) is 15.0 Å². The van der Waals surface area contributed by atoms with Gasteiger partial charge in [0.15, 0.2) is 23.2 Å². The Labute approximate surface area is 340 Å². The van der Waals surface area contributed by atoms with E-state index in [9.17, 15) is 0 Å². The Morgan fingerprint density at radius 3 is 1.78 bits per heavy atom. The van der Waals surface area contributed by atoms with Crippen molar-refractivity contribution in [1.29, 1.82) is 0 Å². The molecule has 0 amide bonds. The lowest BCUT2D eigenvalue weighted by molar-refractivity contribution is 0.669. The largest absolute Gasteiger partial charge is 0.456 e. The summed E-state index contributed by atoms with van der Waals surface area (Å²) in [4.78, 5) is 19.4. The van der Waals surface area contributed by atoms with Crippen molar-refractivity contribution in [3.05, 3.63) is 206 Å². The van der Waals surface area contributed by atoms with Crippen molar-refractivity contribution in [2.75, 3.05) is 0 Å². The van der Waals surface area contributed by atoms with E-state index in [1.165, 1.54) is 16.5 Å². The Morgan fingerprint density at radius 1 is 0.356 bits per heavy atom. The van der Waals surface area contributed by atoms with Gasteiger partial charge in [-0.05, 0) is 85.3 Å². The molecule has 0 atom stereocenters. The number of hydrogen-bond acceptors (Lipinski definition) is 4. The second kappa shape index (κ2) is 14.1. The molecule has 11 rings (SSSR count). The van der Waals surface area contributed by atoms with Gasteiger partial charge >= 0.3 is 0 Å². The Hall–Kier alpha value is -8.20. The summed E-state index contributed by atoms with van der Waals surface area (Å²) in [6.45, 7) is 7.79. The van der Waals surface area contributed by atoms with E-state index in [-0.39, 0.29) is 0 Å². The van der Waals surface area contributed by atoms with Crippen LogP contribution in [0.15, 0.2) is 199 Å². The molecule has 2 heterocycles. The second-order valence-electron chi connectivity index (χ2n) is 14.6. The molecule has 11 aromatic rings. The molecule has 0 spiro atoms. The number of fused-ring (bicyclic) bond motifs is 6. The van der Waals surface area contributed by atoms with E-state index in [1.54, 1.807) is 0 Å². The summed E-state index contributed by atoms with van der Waals surface area (Å²) in [6.07, 6.45) is 0. The van der Waals surface area contributed by atoms with Crippen LogP contribution in [0.1, 0.15) is 0 Å². The highest BCUT2D eigenvalue weighted by Crippen LogP contribution is 2.40. The first kappa shape index (κ1) is 34.1. The summed E-state index contributed by atoms with van der Waals surface area (Å²) in [5.74, 6) is 1.65. The summed E-state index contributed by atoms with van der Waals surface area (Å²) in [5, 5.41) is 6.57. The molecule has 0 aliphatic heterocycles. The first-order valence-corrected chi connectivity index (χ1v) is 19.5. The van der Waals surface area contributed by atoms with Crippen molar-refractivity contribution in [3.63, 3.8) is 0 Å². The summed E-state index contributed by atoms with van der Waals surface area (Å²) in [6, 6.07) is 66.4. The van der Waals surface area contributed by atoms with Gasteiger partial charge in [0.05, 0.1) is 6.57 Å². The van der Waals surface area contributed by atoms with Gasteiger partial charge in [-0.25, -0.2) is 19.8 Å². The summed E-state index contributed by atoms with van der Waals surface area (Å²) in [5.41, 5.74) is 11.1. The van der Waals surface area contributed by atoms with E-state index < -0.39 is 0 Å². The molecule has 0 radical (unpaired) electrons. The quantitative estimate of drug-likeness (QED) is 0.125. The number of furan rings is 1. The average molecular weight is 753 g/mol. The van der Waals surface area contributed by atoms with Gasteiger partial charge in [0.1, 0.15) is 11.2 Å². The smallest absolute Gasteiger partial charge is 0.194 e. The van der Waals surface area contributed by atoms with Gasteiger partial charge in [-0.1, -0.05) is 164 Å². The van der Waals surface area contributed by atoms with Gasteiger partial charge in [-0.2, -0.15) is 0 Å². The van der Waals surface area contributed by atoms with Crippen LogP contribution in [-0.2, 0) is 0 Å². The van der Waals surface area contributed by atoms with Crippen LogP contribution in [-0.4, -0.2) is 15.0 Å². The molecule has 9 aromatic carbocycles. The fourth-order valence-corrected chi connectivity index (χ4v) is 8.31. The maximum absolute atomic E-state index is 7.79. The summed E-state index contributed by atoms with van der Waals surface area (Å²) >= 11 is 0. The van der Waals surface area contributed by atoms with Crippen LogP contribution in [0.25, 0.3) is 116 Å². The van der Waals surface area contributed by atoms with Crippen molar-refractivity contribution >= 4 is 49.2 Å². The Bertz CT molecular complexity index is 3450. The molecule has 5 nitrogen and oxygen atoms in total. The molecule has 0 bridgehead atoms. The van der Waals surface area contributed by atoms with E-state index in [2.05, 4.69) is 138 Å². The molecule has 0 aliphatic rings.